The number of benzene rings is 2. The number of ether oxygens (including phenoxy) is 1. The smallest absolute Gasteiger partial charge is 0.251 e. The van der Waals surface area contributed by atoms with Gasteiger partial charge in [-0.1, -0.05) is 29.8 Å². The van der Waals surface area contributed by atoms with Crippen molar-refractivity contribution in [3.8, 4) is 5.75 Å². The van der Waals surface area contributed by atoms with E-state index in [-0.39, 0.29) is 35.2 Å². The van der Waals surface area contributed by atoms with E-state index in [0.29, 0.717) is 11.5 Å². The predicted molar refractivity (Wildman–Crippen MR) is 108 cm³/mol. The quantitative estimate of drug-likeness (QED) is 0.504. The lowest BCUT2D eigenvalue weighted by atomic mass is 10.2. The average Bonchev–Trinajstić information content (AvgIpc) is 3.24. The second-order valence-corrected chi connectivity index (χ2v) is 8.11. The molecule has 1 heterocycles. The van der Waals surface area contributed by atoms with Crippen molar-refractivity contribution in [2.75, 3.05) is 13.2 Å². The summed E-state index contributed by atoms with van der Waals surface area (Å²) in [5.74, 6) is 0.724. The number of hydrogen-bond donors (Lipinski definition) is 2. The highest BCUT2D eigenvalue weighted by Gasteiger charge is 2.20. The third-order valence-electron chi connectivity index (χ3n) is 3.90. The van der Waals surface area contributed by atoms with Crippen LogP contribution in [0.5, 0.6) is 5.75 Å². The van der Waals surface area contributed by atoms with E-state index in [4.69, 9.17) is 20.8 Å². The Morgan fingerprint density at radius 3 is 2.59 bits per heavy atom. The minimum atomic E-state index is -3.93. The zero-order valence-corrected chi connectivity index (χ0v) is 16.9. The number of amides is 1. The second kappa shape index (κ2) is 9.60. The van der Waals surface area contributed by atoms with Gasteiger partial charge in [-0.2, -0.15) is 0 Å². The van der Waals surface area contributed by atoms with Gasteiger partial charge in [-0.05, 0) is 42.5 Å². The van der Waals surface area contributed by atoms with Gasteiger partial charge < -0.3 is 14.5 Å². The maximum atomic E-state index is 12.6. The lowest BCUT2D eigenvalue weighted by molar-refractivity contribution is 0.0947. The van der Waals surface area contributed by atoms with Crippen molar-refractivity contribution in [2.24, 2.45) is 0 Å². The molecule has 0 bridgehead atoms. The van der Waals surface area contributed by atoms with Gasteiger partial charge >= 0.3 is 0 Å². The van der Waals surface area contributed by atoms with Crippen LogP contribution in [0.2, 0.25) is 5.02 Å². The number of nitrogens with one attached hydrogen (secondary N) is 2. The molecule has 0 aliphatic carbocycles. The first kappa shape index (κ1) is 20.9. The maximum absolute atomic E-state index is 12.6. The van der Waals surface area contributed by atoms with Crippen molar-refractivity contribution in [1.82, 2.24) is 10.0 Å². The van der Waals surface area contributed by atoms with Gasteiger partial charge in [0.15, 0.2) is 0 Å². The van der Waals surface area contributed by atoms with Gasteiger partial charge in [0.25, 0.3) is 5.91 Å². The molecule has 152 valence electrons. The molecule has 1 aromatic heterocycles. The summed E-state index contributed by atoms with van der Waals surface area (Å²) in [5, 5.41) is 2.70. The molecule has 29 heavy (non-hydrogen) atoms. The van der Waals surface area contributed by atoms with E-state index in [1.807, 2.05) is 30.3 Å². The second-order valence-electron chi connectivity index (χ2n) is 5.97. The number of sulfonamides is 1. The summed E-state index contributed by atoms with van der Waals surface area (Å²) in [6.07, 6.45) is 1.45. The van der Waals surface area contributed by atoms with E-state index in [2.05, 4.69) is 10.0 Å². The van der Waals surface area contributed by atoms with Crippen LogP contribution in [0.1, 0.15) is 16.1 Å². The fourth-order valence-electron chi connectivity index (χ4n) is 2.46. The summed E-state index contributed by atoms with van der Waals surface area (Å²) in [5.41, 5.74) is 0.174. The lowest BCUT2D eigenvalue weighted by Gasteiger charge is -2.11. The Labute approximate surface area is 173 Å². The van der Waals surface area contributed by atoms with Gasteiger partial charge in [0.05, 0.1) is 24.4 Å². The van der Waals surface area contributed by atoms with E-state index in [0.717, 1.165) is 0 Å². The zero-order valence-electron chi connectivity index (χ0n) is 15.3. The molecule has 0 atom stereocenters. The van der Waals surface area contributed by atoms with Crippen molar-refractivity contribution >= 4 is 27.5 Å². The summed E-state index contributed by atoms with van der Waals surface area (Å²) < 4.78 is 38.1. The minimum Gasteiger partial charge on any atom is -0.492 e. The molecule has 7 nitrogen and oxygen atoms in total. The molecule has 0 saturated heterocycles. The van der Waals surface area contributed by atoms with Crippen LogP contribution < -0.4 is 14.8 Å². The number of furan rings is 1. The van der Waals surface area contributed by atoms with E-state index in [1.54, 1.807) is 12.1 Å². The van der Waals surface area contributed by atoms with Gasteiger partial charge in [0, 0.05) is 5.56 Å². The molecule has 0 radical (unpaired) electrons. The molecule has 0 spiro atoms. The number of hydrogen-bond acceptors (Lipinski definition) is 5. The SMILES string of the molecule is O=C(NCCOc1ccccc1)c1ccc(Cl)c(S(=O)(=O)NCc2ccco2)c1. The monoisotopic (exact) mass is 434 g/mol. The van der Waals surface area contributed by atoms with E-state index >= 15 is 0 Å². The highest BCUT2D eigenvalue weighted by atomic mass is 35.5. The number of carbonyl (C=O) groups is 1. The molecule has 0 saturated carbocycles. The summed E-state index contributed by atoms with van der Waals surface area (Å²) in [7, 11) is -3.93. The van der Waals surface area contributed by atoms with Crippen molar-refractivity contribution in [2.45, 2.75) is 11.4 Å². The Kier molecular flexibility index (Phi) is 6.92. The molecule has 1 amide bonds. The Morgan fingerprint density at radius 2 is 1.86 bits per heavy atom. The molecule has 0 unspecified atom stereocenters. The van der Waals surface area contributed by atoms with Crippen molar-refractivity contribution < 1.29 is 22.4 Å². The number of halogens is 1. The highest BCUT2D eigenvalue weighted by Crippen LogP contribution is 2.23. The van der Waals surface area contributed by atoms with Crippen molar-refractivity contribution in [3.63, 3.8) is 0 Å². The number of para-hydroxylation sites is 1. The average molecular weight is 435 g/mol. The van der Waals surface area contributed by atoms with Crippen LogP contribution in [0.3, 0.4) is 0 Å². The van der Waals surface area contributed by atoms with Crippen molar-refractivity contribution in [1.29, 1.82) is 0 Å². The summed E-state index contributed by atoms with van der Waals surface area (Å²) in [4.78, 5) is 12.2. The summed E-state index contributed by atoms with van der Waals surface area (Å²) >= 11 is 6.05. The van der Waals surface area contributed by atoms with Crippen molar-refractivity contribution in [3.05, 3.63) is 83.3 Å². The number of rotatable bonds is 9. The molecule has 3 aromatic rings. The number of carbonyl (C=O) groups excluding carboxylic acids is 1. The molecule has 2 aromatic carbocycles. The van der Waals surface area contributed by atoms with Crippen LogP contribution in [-0.2, 0) is 16.6 Å². The van der Waals surface area contributed by atoms with Gasteiger partial charge in [-0.15, -0.1) is 0 Å². The van der Waals surface area contributed by atoms with Crippen LogP contribution in [0.4, 0.5) is 0 Å². The van der Waals surface area contributed by atoms with Crippen LogP contribution in [0.25, 0.3) is 0 Å². The molecular formula is C20H19ClN2O5S. The van der Waals surface area contributed by atoms with Crippen LogP contribution in [0.15, 0.2) is 76.2 Å². The Hall–Kier alpha value is -2.81. The molecular weight excluding hydrogens is 416 g/mol. The minimum absolute atomic E-state index is 0.0147. The van der Waals surface area contributed by atoms with Crippen LogP contribution in [-0.4, -0.2) is 27.5 Å². The normalized spacial score (nSPS) is 11.2. The van der Waals surface area contributed by atoms with Crippen LogP contribution >= 0.6 is 11.6 Å². The molecule has 0 fully saturated rings. The topological polar surface area (TPSA) is 97.6 Å². The maximum Gasteiger partial charge on any atom is 0.251 e. The van der Waals surface area contributed by atoms with E-state index < -0.39 is 15.9 Å². The van der Waals surface area contributed by atoms with Crippen LogP contribution in [0, 0.1) is 0 Å². The molecule has 9 heteroatoms. The summed E-state index contributed by atoms with van der Waals surface area (Å²) in [6, 6.07) is 16.6. The standard InChI is InChI=1S/C20H19ClN2O5S/c21-18-9-8-15(20(24)22-10-12-28-16-5-2-1-3-6-16)13-19(18)29(25,26)23-14-17-7-4-11-27-17/h1-9,11,13,23H,10,12,14H2,(H,22,24). The summed E-state index contributed by atoms with van der Waals surface area (Å²) in [6.45, 7) is 0.507. The van der Waals surface area contributed by atoms with Gasteiger partial charge in [-0.25, -0.2) is 13.1 Å². The zero-order chi connectivity index (χ0) is 20.7. The molecule has 0 aliphatic rings. The largest absolute Gasteiger partial charge is 0.492 e. The first-order valence-corrected chi connectivity index (χ1v) is 10.6. The Bertz CT molecular complexity index is 1050. The molecule has 3 rings (SSSR count). The Morgan fingerprint density at radius 1 is 1.07 bits per heavy atom. The van der Waals surface area contributed by atoms with Gasteiger partial charge in [0.1, 0.15) is 23.0 Å². The lowest BCUT2D eigenvalue weighted by Crippen LogP contribution is -2.29. The fraction of sp³-hybridized carbons (Fsp3) is 0.150. The highest BCUT2D eigenvalue weighted by molar-refractivity contribution is 7.89. The van der Waals surface area contributed by atoms with E-state index in [9.17, 15) is 13.2 Å². The predicted octanol–water partition coefficient (Wildman–Crippen LogP) is 3.22. The fourth-order valence-corrected chi connectivity index (χ4v) is 3.98. The van der Waals surface area contributed by atoms with Gasteiger partial charge in [0.2, 0.25) is 10.0 Å². The molecule has 2 N–H and O–H groups in total. The first-order chi connectivity index (χ1) is 14.0. The first-order valence-electron chi connectivity index (χ1n) is 8.73. The third kappa shape index (κ3) is 5.83. The Balaban J connectivity index is 1.60. The molecule has 0 aliphatic heterocycles. The van der Waals surface area contributed by atoms with Gasteiger partial charge in [-0.3, -0.25) is 4.79 Å². The third-order valence-corrected chi connectivity index (χ3v) is 5.78. The van der Waals surface area contributed by atoms with E-state index in [1.165, 1.54) is 24.5 Å².